The molecule has 0 aliphatic rings. The van der Waals surface area contributed by atoms with Crippen LogP contribution in [0.3, 0.4) is 0 Å². The fourth-order valence-electron chi connectivity index (χ4n) is 0.816. The summed E-state index contributed by atoms with van der Waals surface area (Å²) in [6.45, 7) is 1.66. The first-order valence-electron chi connectivity index (χ1n) is 4.11. The van der Waals surface area contributed by atoms with Crippen LogP contribution in [0.1, 0.15) is 13.3 Å². The van der Waals surface area contributed by atoms with Crippen LogP contribution >= 0.6 is 0 Å². The van der Waals surface area contributed by atoms with Gasteiger partial charge in [-0.15, -0.1) is 12.3 Å². The molecule has 0 aliphatic carbocycles. The predicted octanol–water partition coefficient (Wildman–Crippen LogP) is -0.824. The van der Waals surface area contributed by atoms with Gasteiger partial charge in [-0.3, -0.25) is 4.79 Å². The van der Waals surface area contributed by atoms with E-state index in [1.54, 1.807) is 14.0 Å². The van der Waals surface area contributed by atoms with Crippen LogP contribution in [0, 0.1) is 12.3 Å². The normalized spacial score (nSPS) is 14.4. The topological polar surface area (TPSA) is 66.6 Å². The lowest BCUT2D eigenvalue weighted by molar-refractivity contribution is -0.133. The van der Waals surface area contributed by atoms with Crippen LogP contribution in [0.25, 0.3) is 0 Å². The number of amides is 1. The van der Waals surface area contributed by atoms with Gasteiger partial charge in [0.25, 0.3) is 0 Å². The van der Waals surface area contributed by atoms with Gasteiger partial charge >= 0.3 is 0 Å². The number of hydrogen-bond acceptors (Lipinski definition) is 3. The molecule has 0 radical (unpaired) electrons. The molecule has 4 heteroatoms. The van der Waals surface area contributed by atoms with E-state index in [0.29, 0.717) is 0 Å². The minimum absolute atomic E-state index is 0.0784. The van der Waals surface area contributed by atoms with Gasteiger partial charge in [-0.25, -0.2) is 0 Å². The van der Waals surface area contributed by atoms with Crippen molar-refractivity contribution in [1.29, 1.82) is 0 Å². The molecule has 0 heterocycles. The Hall–Kier alpha value is -1.05. The van der Waals surface area contributed by atoms with E-state index in [1.165, 1.54) is 4.90 Å². The number of rotatable bonds is 4. The predicted molar refractivity (Wildman–Crippen MR) is 50.7 cm³/mol. The maximum atomic E-state index is 11.4. The number of nitrogens with zero attached hydrogens (tertiary/aromatic N) is 1. The molecular formula is C9H16N2O2. The molecule has 0 spiro atoms. The number of aliphatic hydroxyl groups is 1. The van der Waals surface area contributed by atoms with Crippen LogP contribution in [0.2, 0.25) is 0 Å². The van der Waals surface area contributed by atoms with Crippen LogP contribution in [-0.4, -0.2) is 41.7 Å². The van der Waals surface area contributed by atoms with E-state index in [4.69, 9.17) is 17.3 Å². The van der Waals surface area contributed by atoms with Gasteiger partial charge in [0.15, 0.2) is 0 Å². The largest absolute Gasteiger partial charge is 0.394 e. The molecule has 4 nitrogen and oxygen atoms in total. The summed E-state index contributed by atoms with van der Waals surface area (Å²) in [6, 6.07) is -0.889. The molecule has 0 saturated heterocycles. The lowest BCUT2D eigenvalue weighted by atomic mass is 10.2. The van der Waals surface area contributed by atoms with Gasteiger partial charge in [-0.2, -0.15) is 0 Å². The molecule has 1 amide bonds. The Labute approximate surface area is 78.7 Å². The number of aliphatic hydroxyl groups excluding tert-OH is 1. The summed E-state index contributed by atoms with van der Waals surface area (Å²) in [5, 5.41) is 8.79. The molecule has 2 unspecified atom stereocenters. The molecule has 0 rings (SSSR count). The molecule has 0 saturated carbocycles. The summed E-state index contributed by atoms with van der Waals surface area (Å²) in [5.41, 5.74) is 5.51. The van der Waals surface area contributed by atoms with Crippen molar-refractivity contribution in [1.82, 2.24) is 4.90 Å². The van der Waals surface area contributed by atoms with Crippen molar-refractivity contribution in [3.05, 3.63) is 0 Å². The second-order valence-electron chi connectivity index (χ2n) is 3.00. The molecule has 3 N–H and O–H groups in total. The molecule has 74 valence electrons. The van der Waals surface area contributed by atoms with Crippen molar-refractivity contribution in [2.24, 2.45) is 5.73 Å². The van der Waals surface area contributed by atoms with E-state index in [2.05, 4.69) is 5.92 Å². The molecule has 13 heavy (non-hydrogen) atoms. The second kappa shape index (κ2) is 5.57. The summed E-state index contributed by atoms with van der Waals surface area (Å²) in [5.74, 6) is 2.09. The first-order valence-corrected chi connectivity index (χ1v) is 4.11. The van der Waals surface area contributed by atoms with E-state index >= 15 is 0 Å². The average molecular weight is 184 g/mol. The Bertz CT molecular complexity index is 210. The molecular weight excluding hydrogens is 168 g/mol. The van der Waals surface area contributed by atoms with Crippen LogP contribution in [0.5, 0.6) is 0 Å². The van der Waals surface area contributed by atoms with Gasteiger partial charge < -0.3 is 15.7 Å². The number of terminal acetylenes is 1. The molecule has 0 aromatic heterocycles. The highest BCUT2D eigenvalue weighted by Crippen LogP contribution is 1.99. The Morgan fingerprint density at radius 1 is 1.77 bits per heavy atom. The van der Waals surface area contributed by atoms with E-state index in [9.17, 15) is 4.79 Å². The van der Waals surface area contributed by atoms with Gasteiger partial charge in [0.2, 0.25) is 5.91 Å². The zero-order valence-corrected chi connectivity index (χ0v) is 8.03. The molecule has 0 aromatic carbocycles. The maximum absolute atomic E-state index is 11.4. The quantitative estimate of drug-likeness (QED) is 0.561. The van der Waals surface area contributed by atoms with Crippen molar-refractivity contribution < 1.29 is 9.90 Å². The van der Waals surface area contributed by atoms with Gasteiger partial charge in [0, 0.05) is 13.5 Å². The van der Waals surface area contributed by atoms with Crippen LogP contribution in [0.4, 0.5) is 0 Å². The number of carbonyl (C=O) groups is 1. The molecule has 0 aliphatic heterocycles. The third-order valence-electron chi connectivity index (χ3n) is 1.93. The Morgan fingerprint density at radius 2 is 2.31 bits per heavy atom. The van der Waals surface area contributed by atoms with E-state index < -0.39 is 6.04 Å². The van der Waals surface area contributed by atoms with E-state index in [-0.39, 0.29) is 25.0 Å². The molecule has 2 atom stereocenters. The highest BCUT2D eigenvalue weighted by molar-refractivity contribution is 5.82. The van der Waals surface area contributed by atoms with Crippen molar-refractivity contribution in [2.45, 2.75) is 25.4 Å². The lowest BCUT2D eigenvalue weighted by Crippen LogP contribution is -2.46. The second-order valence-corrected chi connectivity index (χ2v) is 3.00. The van der Waals surface area contributed by atoms with Crippen molar-refractivity contribution in [2.75, 3.05) is 13.7 Å². The zero-order chi connectivity index (χ0) is 10.4. The average Bonchev–Trinajstić information content (AvgIpc) is 2.14. The van der Waals surface area contributed by atoms with Gasteiger partial charge in [0.1, 0.15) is 0 Å². The summed E-state index contributed by atoms with van der Waals surface area (Å²) in [6.07, 6.45) is 5.25. The smallest absolute Gasteiger partial charge is 0.240 e. The SMILES string of the molecule is C#CCC(N)C(=O)N(C)C(C)CO. The Kier molecular flexibility index (Phi) is 5.12. The highest BCUT2D eigenvalue weighted by atomic mass is 16.3. The third-order valence-corrected chi connectivity index (χ3v) is 1.93. The van der Waals surface area contributed by atoms with Crippen LogP contribution < -0.4 is 5.73 Å². The number of carbonyl (C=O) groups excluding carboxylic acids is 1. The monoisotopic (exact) mass is 184 g/mol. The molecule has 0 fully saturated rings. The van der Waals surface area contributed by atoms with Crippen molar-refractivity contribution >= 4 is 5.91 Å². The first kappa shape index (κ1) is 11.9. The third kappa shape index (κ3) is 3.45. The molecule has 0 aromatic rings. The highest BCUT2D eigenvalue weighted by Gasteiger charge is 2.20. The van der Waals surface area contributed by atoms with E-state index in [1.807, 2.05) is 0 Å². The fourth-order valence-corrected chi connectivity index (χ4v) is 0.816. The van der Waals surface area contributed by atoms with Gasteiger partial charge in [-0.1, -0.05) is 0 Å². The fraction of sp³-hybridized carbons (Fsp3) is 0.667. The van der Waals surface area contributed by atoms with Crippen LogP contribution in [0.15, 0.2) is 0 Å². The summed E-state index contributed by atoms with van der Waals surface area (Å²) < 4.78 is 0. The maximum Gasteiger partial charge on any atom is 0.240 e. The molecule has 0 bridgehead atoms. The van der Waals surface area contributed by atoms with E-state index in [0.717, 1.165) is 0 Å². The number of nitrogens with two attached hydrogens (primary N) is 1. The summed E-state index contributed by atoms with van der Waals surface area (Å²) in [7, 11) is 1.60. The number of likely N-dealkylation sites (N-methyl/N-ethyl adjacent to an activating group) is 1. The Balaban J connectivity index is 4.18. The number of hydrogen-bond donors (Lipinski definition) is 2. The summed E-state index contributed by atoms with van der Waals surface area (Å²) >= 11 is 0. The lowest BCUT2D eigenvalue weighted by Gasteiger charge is -2.25. The van der Waals surface area contributed by atoms with Crippen molar-refractivity contribution in [3.8, 4) is 12.3 Å². The van der Waals surface area contributed by atoms with Gasteiger partial charge in [-0.05, 0) is 6.92 Å². The van der Waals surface area contributed by atoms with Crippen molar-refractivity contribution in [3.63, 3.8) is 0 Å². The minimum atomic E-state index is -0.663. The minimum Gasteiger partial charge on any atom is -0.394 e. The summed E-state index contributed by atoms with van der Waals surface area (Å²) in [4.78, 5) is 12.8. The standard InChI is InChI=1S/C9H16N2O2/c1-4-5-8(10)9(13)11(3)7(2)6-12/h1,7-8,12H,5-6,10H2,2-3H3. The Morgan fingerprint density at radius 3 is 2.69 bits per heavy atom. The van der Waals surface area contributed by atoms with Gasteiger partial charge in [0.05, 0.1) is 18.7 Å². The zero-order valence-electron chi connectivity index (χ0n) is 8.03. The van der Waals surface area contributed by atoms with Crippen LogP contribution in [-0.2, 0) is 4.79 Å². The first-order chi connectivity index (χ1) is 6.04.